The van der Waals surface area contributed by atoms with Crippen molar-refractivity contribution >= 4 is 23.5 Å². The van der Waals surface area contributed by atoms with Crippen LogP contribution in [-0.2, 0) is 9.59 Å². The fraction of sp³-hybridized carbons (Fsp3) is 0.357. The molecular weight excluding hydrogens is 262 g/mol. The fourth-order valence-electron chi connectivity index (χ4n) is 2.57. The summed E-state index contributed by atoms with van der Waals surface area (Å²) in [5.74, 6) is -3.31. The molecule has 1 aromatic carbocycles. The fourth-order valence-corrected chi connectivity index (χ4v) is 2.57. The first-order valence-electron chi connectivity index (χ1n) is 6.19. The van der Waals surface area contributed by atoms with Gasteiger partial charge < -0.3 is 15.1 Å². The van der Waals surface area contributed by atoms with Gasteiger partial charge in [-0.05, 0) is 31.0 Å². The van der Waals surface area contributed by atoms with Crippen LogP contribution in [0, 0.1) is 19.8 Å². The molecule has 6 heteroatoms. The Balaban J connectivity index is 2.50. The van der Waals surface area contributed by atoms with E-state index in [4.69, 9.17) is 5.11 Å². The summed E-state index contributed by atoms with van der Waals surface area (Å²) in [6.45, 7) is 3.50. The lowest BCUT2D eigenvalue weighted by molar-refractivity contribution is -0.141. The number of aryl methyl sites for hydroxylation is 2. The number of amides is 1. The lowest BCUT2D eigenvalue weighted by Crippen LogP contribution is -2.28. The summed E-state index contributed by atoms with van der Waals surface area (Å²) >= 11 is 0. The molecule has 0 radical (unpaired) electrons. The van der Waals surface area contributed by atoms with Crippen LogP contribution in [0.5, 0.6) is 0 Å². The van der Waals surface area contributed by atoms with Crippen molar-refractivity contribution in [1.29, 1.82) is 0 Å². The van der Waals surface area contributed by atoms with Gasteiger partial charge in [0.1, 0.15) is 0 Å². The van der Waals surface area contributed by atoms with Crippen molar-refractivity contribution in [3.8, 4) is 0 Å². The van der Waals surface area contributed by atoms with Gasteiger partial charge in [0, 0.05) is 13.0 Å². The van der Waals surface area contributed by atoms with Gasteiger partial charge in [-0.2, -0.15) is 0 Å². The molecule has 1 unspecified atom stereocenters. The van der Waals surface area contributed by atoms with Crippen molar-refractivity contribution in [3.05, 3.63) is 28.8 Å². The number of hydrogen-bond donors (Lipinski definition) is 2. The van der Waals surface area contributed by atoms with Crippen molar-refractivity contribution < 1.29 is 24.6 Å². The molecule has 20 heavy (non-hydrogen) atoms. The molecule has 1 atom stereocenters. The molecule has 2 N–H and O–H groups in total. The van der Waals surface area contributed by atoms with Crippen molar-refractivity contribution in [2.75, 3.05) is 11.4 Å². The van der Waals surface area contributed by atoms with Crippen LogP contribution < -0.4 is 4.90 Å². The zero-order chi connectivity index (χ0) is 15.0. The Kier molecular flexibility index (Phi) is 3.48. The minimum atomic E-state index is -1.13. The van der Waals surface area contributed by atoms with Gasteiger partial charge in [-0.3, -0.25) is 9.59 Å². The van der Waals surface area contributed by atoms with Crippen LogP contribution in [-0.4, -0.2) is 34.6 Å². The summed E-state index contributed by atoms with van der Waals surface area (Å²) in [7, 11) is 0. The van der Waals surface area contributed by atoms with E-state index in [2.05, 4.69) is 0 Å². The maximum Gasteiger partial charge on any atom is 0.337 e. The predicted molar refractivity (Wildman–Crippen MR) is 71.0 cm³/mol. The molecule has 1 fully saturated rings. The number of hydrogen-bond acceptors (Lipinski definition) is 3. The summed E-state index contributed by atoms with van der Waals surface area (Å²) in [5.41, 5.74) is 1.77. The summed E-state index contributed by atoms with van der Waals surface area (Å²) in [5, 5.41) is 18.3. The summed E-state index contributed by atoms with van der Waals surface area (Å²) < 4.78 is 0. The lowest BCUT2D eigenvalue weighted by Gasteiger charge is -2.21. The largest absolute Gasteiger partial charge is 0.481 e. The number of carbonyl (C=O) groups is 3. The first-order valence-corrected chi connectivity index (χ1v) is 6.19. The standard InChI is InChI=1S/C14H15NO5/c1-7-3-8(2)12(10(4-7)14(19)20)15-6-9(13(17)18)5-11(15)16/h3-4,9H,5-6H2,1-2H3,(H,17,18)(H,19,20). The minimum Gasteiger partial charge on any atom is -0.481 e. The number of rotatable bonds is 3. The van der Waals surface area contributed by atoms with E-state index in [9.17, 15) is 19.5 Å². The quantitative estimate of drug-likeness (QED) is 0.871. The van der Waals surface area contributed by atoms with Gasteiger partial charge in [0.25, 0.3) is 0 Å². The molecule has 1 amide bonds. The van der Waals surface area contributed by atoms with E-state index in [0.29, 0.717) is 11.3 Å². The Morgan fingerprint density at radius 1 is 1.25 bits per heavy atom. The molecule has 1 saturated heterocycles. The number of nitrogens with zero attached hydrogens (tertiary/aromatic N) is 1. The second-order valence-corrected chi connectivity index (χ2v) is 5.03. The second kappa shape index (κ2) is 4.96. The number of aliphatic carboxylic acids is 1. The molecule has 0 bridgehead atoms. The maximum absolute atomic E-state index is 12.0. The highest BCUT2D eigenvalue weighted by Crippen LogP contribution is 2.32. The van der Waals surface area contributed by atoms with Gasteiger partial charge in [-0.15, -0.1) is 0 Å². The topological polar surface area (TPSA) is 94.9 Å². The third-order valence-electron chi connectivity index (χ3n) is 3.42. The number of aromatic carboxylic acids is 1. The van der Waals surface area contributed by atoms with E-state index >= 15 is 0 Å². The molecule has 0 aliphatic carbocycles. The molecule has 1 aliphatic heterocycles. The second-order valence-electron chi connectivity index (χ2n) is 5.03. The van der Waals surface area contributed by atoms with E-state index in [1.54, 1.807) is 19.9 Å². The van der Waals surface area contributed by atoms with Crippen LogP contribution in [0.2, 0.25) is 0 Å². The highest BCUT2D eigenvalue weighted by molar-refractivity contribution is 6.05. The maximum atomic E-state index is 12.0. The average Bonchev–Trinajstić information content (AvgIpc) is 2.70. The molecule has 1 aromatic rings. The Morgan fingerprint density at radius 3 is 2.40 bits per heavy atom. The zero-order valence-corrected chi connectivity index (χ0v) is 11.2. The summed E-state index contributed by atoms with van der Waals surface area (Å²) in [6.07, 6.45) is -0.0955. The zero-order valence-electron chi connectivity index (χ0n) is 11.2. The molecule has 0 saturated carbocycles. The third-order valence-corrected chi connectivity index (χ3v) is 3.42. The van der Waals surface area contributed by atoms with Crippen molar-refractivity contribution in [3.63, 3.8) is 0 Å². The van der Waals surface area contributed by atoms with E-state index in [1.807, 2.05) is 0 Å². The number of carboxylic acid groups (broad SMARTS) is 2. The molecule has 1 aliphatic rings. The van der Waals surface area contributed by atoms with Gasteiger partial charge in [-0.25, -0.2) is 4.79 Å². The third kappa shape index (κ3) is 2.36. The highest BCUT2D eigenvalue weighted by atomic mass is 16.4. The first-order chi connectivity index (χ1) is 9.31. The normalized spacial score (nSPS) is 18.4. The Bertz CT molecular complexity index is 608. The monoisotopic (exact) mass is 277 g/mol. The first kappa shape index (κ1) is 14.0. The summed E-state index contributed by atoms with van der Waals surface area (Å²) in [6, 6.07) is 3.27. The number of anilines is 1. The van der Waals surface area contributed by atoms with Crippen LogP contribution >= 0.6 is 0 Å². The van der Waals surface area contributed by atoms with Gasteiger partial charge in [0.15, 0.2) is 0 Å². The Morgan fingerprint density at radius 2 is 1.90 bits per heavy atom. The molecule has 6 nitrogen and oxygen atoms in total. The van der Waals surface area contributed by atoms with Crippen molar-refractivity contribution in [2.24, 2.45) is 5.92 Å². The lowest BCUT2D eigenvalue weighted by atomic mass is 10.0. The summed E-state index contributed by atoms with van der Waals surface area (Å²) in [4.78, 5) is 35.6. The van der Waals surface area contributed by atoms with Gasteiger partial charge in [0.2, 0.25) is 5.91 Å². The molecular formula is C14H15NO5. The molecule has 0 spiro atoms. The van der Waals surface area contributed by atoms with Crippen LogP contribution in [0.3, 0.4) is 0 Å². The van der Waals surface area contributed by atoms with Crippen LogP contribution in [0.15, 0.2) is 12.1 Å². The van der Waals surface area contributed by atoms with Gasteiger partial charge in [-0.1, -0.05) is 6.07 Å². The number of carboxylic acids is 2. The molecule has 106 valence electrons. The molecule has 2 rings (SSSR count). The number of carbonyl (C=O) groups excluding carboxylic acids is 1. The smallest absolute Gasteiger partial charge is 0.337 e. The van der Waals surface area contributed by atoms with Crippen LogP contribution in [0.4, 0.5) is 5.69 Å². The van der Waals surface area contributed by atoms with Gasteiger partial charge in [0.05, 0.1) is 17.2 Å². The molecule has 0 aromatic heterocycles. The Labute approximate surface area is 115 Å². The van der Waals surface area contributed by atoms with E-state index < -0.39 is 17.9 Å². The van der Waals surface area contributed by atoms with Crippen LogP contribution in [0.1, 0.15) is 27.9 Å². The highest BCUT2D eigenvalue weighted by Gasteiger charge is 2.37. The predicted octanol–water partition coefficient (Wildman–Crippen LogP) is 1.44. The molecule has 1 heterocycles. The van der Waals surface area contributed by atoms with Gasteiger partial charge >= 0.3 is 11.9 Å². The SMILES string of the molecule is Cc1cc(C)c(N2CC(C(=O)O)CC2=O)c(C(=O)O)c1. The number of benzene rings is 1. The van der Waals surface area contributed by atoms with Crippen molar-refractivity contribution in [1.82, 2.24) is 0 Å². The van der Waals surface area contributed by atoms with E-state index in [0.717, 1.165) is 5.56 Å². The minimum absolute atomic E-state index is 0.0122. The van der Waals surface area contributed by atoms with Crippen LogP contribution in [0.25, 0.3) is 0 Å². The average molecular weight is 277 g/mol. The Hall–Kier alpha value is -2.37. The van der Waals surface area contributed by atoms with Crippen molar-refractivity contribution in [2.45, 2.75) is 20.3 Å². The van der Waals surface area contributed by atoms with E-state index in [1.165, 1.54) is 11.0 Å². The van der Waals surface area contributed by atoms with E-state index in [-0.39, 0.29) is 24.4 Å².